The second-order valence-electron chi connectivity index (χ2n) is 10.3. The lowest BCUT2D eigenvalue weighted by Crippen LogP contribution is -2.43. The second-order valence-corrected chi connectivity index (χ2v) is 13.4. The molecule has 2 aromatic heterocycles. The van der Waals surface area contributed by atoms with E-state index in [0.29, 0.717) is 24.3 Å². The Morgan fingerprint density at radius 3 is 2.32 bits per heavy atom. The third kappa shape index (κ3) is 7.00. The second kappa shape index (κ2) is 11.8. The summed E-state index contributed by atoms with van der Waals surface area (Å²) >= 11 is 6.65. The fourth-order valence-corrected chi connectivity index (χ4v) is 6.93. The van der Waals surface area contributed by atoms with Crippen molar-refractivity contribution < 1.29 is 53.5 Å². The number of halogens is 8. The van der Waals surface area contributed by atoms with E-state index in [2.05, 4.69) is 15.2 Å². The quantitative estimate of drug-likeness (QED) is 0.283. The van der Waals surface area contributed by atoms with Gasteiger partial charge in [-0.25, -0.2) is 31.0 Å². The van der Waals surface area contributed by atoms with Gasteiger partial charge in [-0.05, 0) is 26.8 Å². The molecule has 0 radical (unpaired) electrons. The zero-order valence-corrected chi connectivity index (χ0v) is 25.2. The summed E-state index contributed by atoms with van der Waals surface area (Å²) in [7, 11) is -5.08. The van der Waals surface area contributed by atoms with Gasteiger partial charge >= 0.3 is 6.18 Å². The van der Waals surface area contributed by atoms with Crippen LogP contribution in [0.1, 0.15) is 62.0 Å². The number of sulfonamides is 1. The van der Waals surface area contributed by atoms with Crippen molar-refractivity contribution in [2.24, 2.45) is 0 Å². The van der Waals surface area contributed by atoms with Crippen LogP contribution in [0.4, 0.5) is 30.7 Å². The lowest BCUT2D eigenvalue weighted by atomic mass is 10.0. The molecule has 1 aliphatic rings. The Bertz CT molecular complexity index is 1660. The molecule has 1 aromatic carbocycles. The minimum atomic E-state index is -5.08. The molecule has 0 aliphatic carbocycles. The van der Waals surface area contributed by atoms with Crippen LogP contribution >= 0.6 is 22.9 Å². The Balaban J connectivity index is 1.87. The van der Waals surface area contributed by atoms with Crippen LogP contribution < -0.4 is 4.72 Å². The number of carbonyl (C=O) groups excluding carboxylic acids is 1. The van der Waals surface area contributed by atoms with E-state index in [4.69, 9.17) is 16.0 Å². The monoisotopic (exact) mass is 693 g/mol. The first-order valence-corrected chi connectivity index (χ1v) is 15.2. The van der Waals surface area contributed by atoms with Crippen LogP contribution in [-0.4, -0.2) is 70.7 Å². The van der Waals surface area contributed by atoms with Gasteiger partial charge in [-0.3, -0.25) is 4.79 Å². The third-order valence-corrected chi connectivity index (χ3v) is 9.64. The topological polar surface area (TPSA) is 139 Å². The number of alkyl halides is 7. The number of hydrogen-bond donors (Lipinski definition) is 2. The van der Waals surface area contributed by atoms with Crippen molar-refractivity contribution in [3.8, 4) is 21.3 Å². The lowest BCUT2D eigenvalue weighted by Gasteiger charge is -2.31. The highest BCUT2D eigenvalue weighted by molar-refractivity contribution is 7.89. The molecule has 4 rings (SSSR count). The average Bonchev–Trinajstić information content (AvgIpc) is 3.55. The summed E-state index contributed by atoms with van der Waals surface area (Å²) in [6.45, 7) is 2.36. The number of nitrogens with one attached hydrogen (secondary N) is 1. The summed E-state index contributed by atoms with van der Waals surface area (Å²) in [5.74, 6) is -4.57. The minimum Gasteiger partial charge on any atom is -0.415 e. The molecule has 3 heterocycles. The Morgan fingerprint density at radius 2 is 1.80 bits per heavy atom. The third-order valence-electron chi connectivity index (χ3n) is 6.46. The van der Waals surface area contributed by atoms with Crippen molar-refractivity contribution in [2.45, 2.75) is 68.7 Å². The van der Waals surface area contributed by atoms with Gasteiger partial charge in [0.1, 0.15) is 22.2 Å². The molecular formula is C24H23ClF7N5O5S2. The first-order chi connectivity index (χ1) is 20.1. The molecule has 3 aromatic rings. The highest BCUT2D eigenvalue weighted by Gasteiger charge is 2.41. The molecular weight excluding hydrogens is 671 g/mol. The number of hydrogen-bond acceptors (Lipinski definition) is 9. The highest BCUT2D eigenvalue weighted by atomic mass is 35.5. The van der Waals surface area contributed by atoms with Gasteiger partial charge in [0.2, 0.25) is 15.9 Å². The number of rotatable bonds is 8. The predicted octanol–water partition coefficient (Wildman–Crippen LogP) is 5.78. The number of thiazole rings is 1. The fourth-order valence-electron chi connectivity index (χ4n) is 4.04. The van der Waals surface area contributed by atoms with E-state index in [1.165, 1.54) is 18.6 Å². The molecule has 10 nitrogen and oxygen atoms in total. The van der Waals surface area contributed by atoms with Gasteiger partial charge in [0.25, 0.3) is 24.1 Å². The summed E-state index contributed by atoms with van der Waals surface area (Å²) in [6, 6.07) is -1.09. The maximum atomic E-state index is 14.5. The van der Waals surface area contributed by atoms with Crippen molar-refractivity contribution in [3.05, 3.63) is 34.3 Å². The molecule has 2 N–H and O–H groups in total. The summed E-state index contributed by atoms with van der Waals surface area (Å²) < 4.78 is 128. The number of piperidine rings is 1. The SMILES string of the molecule is CC(NS(=O)(=O)c1ccc(-c2sc(-c3nnc(C(C)(C)O)o3)nc2C(=O)N2CCC(F)(F)CC2)c(C(F)F)c1Cl)C(F)(F)F. The largest absolute Gasteiger partial charge is 0.415 e. The van der Waals surface area contributed by atoms with Gasteiger partial charge in [-0.2, -0.15) is 17.9 Å². The zero-order valence-electron chi connectivity index (χ0n) is 22.8. The molecule has 0 spiro atoms. The molecule has 1 atom stereocenters. The van der Waals surface area contributed by atoms with Crippen LogP contribution in [0.3, 0.4) is 0 Å². The van der Waals surface area contributed by atoms with Crippen molar-refractivity contribution in [1.82, 2.24) is 24.8 Å². The normalized spacial score (nSPS) is 16.9. The molecule has 20 heteroatoms. The molecule has 1 saturated heterocycles. The molecule has 44 heavy (non-hydrogen) atoms. The van der Waals surface area contributed by atoms with E-state index >= 15 is 0 Å². The van der Waals surface area contributed by atoms with Gasteiger partial charge in [0.15, 0.2) is 5.01 Å². The number of likely N-dealkylation sites (tertiary alicyclic amines) is 1. The number of benzene rings is 1. The molecule has 0 bridgehead atoms. The lowest BCUT2D eigenvalue weighted by molar-refractivity contribution is -0.147. The molecule has 1 unspecified atom stereocenters. The average molecular weight is 694 g/mol. The molecule has 1 amide bonds. The zero-order chi connectivity index (χ0) is 33.0. The fraction of sp³-hybridized carbons (Fsp3) is 0.500. The Labute approximate surface area is 254 Å². The number of aliphatic hydroxyl groups is 1. The van der Waals surface area contributed by atoms with E-state index in [1.54, 1.807) is 0 Å². The van der Waals surface area contributed by atoms with Crippen LogP contribution in [-0.2, 0) is 15.6 Å². The maximum absolute atomic E-state index is 14.5. The van der Waals surface area contributed by atoms with Gasteiger partial charge in [0.05, 0.1) is 9.90 Å². The van der Waals surface area contributed by atoms with Gasteiger partial charge in [-0.1, -0.05) is 17.7 Å². The van der Waals surface area contributed by atoms with E-state index in [0.717, 1.165) is 11.0 Å². The van der Waals surface area contributed by atoms with Crippen LogP contribution in [0.5, 0.6) is 0 Å². The molecule has 242 valence electrons. The molecule has 0 saturated carbocycles. The molecule has 1 fully saturated rings. The standard InChI is InChI=1S/C24H23ClF7N5O5S2/c1-10(24(30,31)32)36-44(40,41)12-5-4-11(13(14(12)25)17(26)27)16-15(20(38)37-8-6-23(28,29)7-9-37)33-19(43-16)18-34-35-21(42-18)22(2,3)39/h4-5,10,17,36,39H,6-9H2,1-3H3. The highest BCUT2D eigenvalue weighted by Crippen LogP contribution is 2.45. The Kier molecular flexibility index (Phi) is 9.13. The van der Waals surface area contributed by atoms with Crippen LogP contribution in [0.25, 0.3) is 21.3 Å². The smallest absolute Gasteiger partial charge is 0.404 e. The Hall–Kier alpha value is -2.87. The predicted molar refractivity (Wildman–Crippen MR) is 142 cm³/mol. The minimum absolute atomic E-state index is 0.206. The summed E-state index contributed by atoms with van der Waals surface area (Å²) in [6.07, 6.45) is -9.86. The van der Waals surface area contributed by atoms with Crippen LogP contribution in [0.2, 0.25) is 5.02 Å². The van der Waals surface area contributed by atoms with E-state index in [1.807, 2.05) is 0 Å². The van der Waals surface area contributed by atoms with Crippen molar-refractivity contribution in [3.63, 3.8) is 0 Å². The maximum Gasteiger partial charge on any atom is 0.404 e. The number of amides is 1. The van der Waals surface area contributed by atoms with Gasteiger partial charge in [-0.15, -0.1) is 21.5 Å². The number of nitrogens with zero attached hydrogens (tertiary/aromatic N) is 4. The van der Waals surface area contributed by atoms with Crippen molar-refractivity contribution in [1.29, 1.82) is 0 Å². The van der Waals surface area contributed by atoms with Crippen molar-refractivity contribution in [2.75, 3.05) is 13.1 Å². The van der Waals surface area contributed by atoms with Crippen LogP contribution in [0, 0.1) is 0 Å². The van der Waals surface area contributed by atoms with E-state index in [-0.39, 0.29) is 21.7 Å². The number of carbonyl (C=O) groups is 1. The van der Waals surface area contributed by atoms with Crippen molar-refractivity contribution >= 4 is 38.9 Å². The van der Waals surface area contributed by atoms with Gasteiger partial charge in [0, 0.05) is 37.1 Å². The number of aromatic nitrogens is 3. The summed E-state index contributed by atoms with van der Waals surface area (Å²) in [4.78, 5) is 17.3. The Morgan fingerprint density at radius 1 is 1.18 bits per heavy atom. The van der Waals surface area contributed by atoms with Gasteiger partial charge < -0.3 is 14.4 Å². The van der Waals surface area contributed by atoms with E-state index < -0.39 is 98.8 Å². The van der Waals surface area contributed by atoms with E-state index in [9.17, 15) is 49.1 Å². The summed E-state index contributed by atoms with van der Waals surface area (Å²) in [5, 5.41) is 16.3. The first-order valence-electron chi connectivity index (χ1n) is 12.6. The van der Waals surface area contributed by atoms with Crippen LogP contribution in [0.15, 0.2) is 21.4 Å². The summed E-state index contributed by atoms with van der Waals surface area (Å²) in [5.41, 5.74) is -3.77. The first kappa shape index (κ1) is 34.0. The molecule has 1 aliphatic heterocycles.